The standard InChI is InChI=1S/C15H13ClF3N3O4/c16-10-6-8(4-5-9(10)15(17,18)19)7-21-13(23)22-11(20-21)2-1-3-12(22)26-14(24)25/h4-6,12H,1-3,7H2,(H,24,25)/t12-/m0/s1. The van der Waals surface area contributed by atoms with Gasteiger partial charge in [-0.05, 0) is 24.1 Å². The summed E-state index contributed by atoms with van der Waals surface area (Å²) >= 11 is 5.68. The van der Waals surface area contributed by atoms with Crippen molar-refractivity contribution in [1.29, 1.82) is 0 Å². The van der Waals surface area contributed by atoms with Gasteiger partial charge in [-0.25, -0.2) is 18.8 Å². The van der Waals surface area contributed by atoms with Crippen LogP contribution in [0.3, 0.4) is 0 Å². The molecule has 26 heavy (non-hydrogen) atoms. The molecule has 2 aromatic rings. The number of fused-ring (bicyclic) bond motifs is 1. The second-order valence-corrected chi connectivity index (χ2v) is 6.18. The molecular formula is C15H13ClF3N3O4. The number of rotatable bonds is 3. The molecule has 0 radical (unpaired) electrons. The van der Waals surface area contributed by atoms with E-state index in [1.807, 2.05) is 0 Å². The maximum atomic E-state index is 12.8. The first kappa shape index (κ1) is 18.3. The molecule has 3 rings (SSSR count). The lowest BCUT2D eigenvalue weighted by Crippen LogP contribution is -2.33. The molecule has 2 heterocycles. The van der Waals surface area contributed by atoms with E-state index in [0.29, 0.717) is 30.7 Å². The lowest BCUT2D eigenvalue weighted by Gasteiger charge is -2.21. The fourth-order valence-electron chi connectivity index (χ4n) is 2.88. The quantitative estimate of drug-likeness (QED) is 0.811. The van der Waals surface area contributed by atoms with Crippen LogP contribution in [0, 0.1) is 0 Å². The Morgan fingerprint density at radius 3 is 2.77 bits per heavy atom. The van der Waals surface area contributed by atoms with Gasteiger partial charge in [0, 0.05) is 12.8 Å². The molecule has 0 aliphatic carbocycles. The molecule has 0 unspecified atom stereocenters. The number of halogens is 4. The molecule has 0 saturated heterocycles. The summed E-state index contributed by atoms with van der Waals surface area (Å²) in [5.41, 5.74) is -1.20. The summed E-state index contributed by atoms with van der Waals surface area (Å²) in [4.78, 5) is 23.3. The van der Waals surface area contributed by atoms with Gasteiger partial charge in [0.25, 0.3) is 0 Å². The van der Waals surface area contributed by atoms with Crippen molar-refractivity contribution >= 4 is 17.8 Å². The molecule has 1 atom stereocenters. The maximum Gasteiger partial charge on any atom is 0.507 e. The van der Waals surface area contributed by atoms with Gasteiger partial charge in [-0.15, -0.1) is 0 Å². The molecule has 11 heteroatoms. The summed E-state index contributed by atoms with van der Waals surface area (Å²) in [6.07, 6.45) is -5.63. The highest BCUT2D eigenvalue weighted by molar-refractivity contribution is 6.31. The fraction of sp³-hybridized carbons (Fsp3) is 0.400. The average molecular weight is 392 g/mol. The van der Waals surface area contributed by atoms with Gasteiger partial charge in [-0.3, -0.25) is 0 Å². The Hall–Kier alpha value is -2.49. The van der Waals surface area contributed by atoms with E-state index in [2.05, 4.69) is 5.10 Å². The van der Waals surface area contributed by atoms with Gasteiger partial charge in [-0.1, -0.05) is 17.7 Å². The Morgan fingerprint density at radius 2 is 2.15 bits per heavy atom. The normalized spacial score (nSPS) is 17.0. The van der Waals surface area contributed by atoms with E-state index in [4.69, 9.17) is 21.4 Å². The summed E-state index contributed by atoms with van der Waals surface area (Å²) in [5, 5.41) is 12.4. The van der Waals surface area contributed by atoms with Crippen molar-refractivity contribution in [3.05, 3.63) is 50.7 Å². The van der Waals surface area contributed by atoms with Crippen LogP contribution < -0.4 is 5.69 Å². The number of nitrogens with zero attached hydrogens (tertiary/aromatic N) is 3. The Bertz CT molecular complexity index is 907. The first-order valence-electron chi connectivity index (χ1n) is 7.60. The summed E-state index contributed by atoms with van der Waals surface area (Å²) in [6, 6.07) is 3.18. The summed E-state index contributed by atoms with van der Waals surface area (Å²) in [7, 11) is 0. The highest BCUT2D eigenvalue weighted by Gasteiger charge is 2.33. The van der Waals surface area contributed by atoms with E-state index < -0.39 is 34.8 Å². The lowest BCUT2D eigenvalue weighted by molar-refractivity contribution is -0.137. The minimum absolute atomic E-state index is 0.101. The predicted molar refractivity (Wildman–Crippen MR) is 83.1 cm³/mol. The molecule has 1 aliphatic heterocycles. The van der Waals surface area contributed by atoms with Crippen LogP contribution in [0.4, 0.5) is 18.0 Å². The van der Waals surface area contributed by atoms with Gasteiger partial charge in [0.15, 0.2) is 6.23 Å². The molecule has 1 aliphatic rings. The minimum Gasteiger partial charge on any atom is -0.450 e. The smallest absolute Gasteiger partial charge is 0.450 e. The van der Waals surface area contributed by atoms with Crippen LogP contribution >= 0.6 is 11.6 Å². The van der Waals surface area contributed by atoms with Gasteiger partial charge in [0.05, 0.1) is 17.1 Å². The minimum atomic E-state index is -4.57. The fourth-order valence-corrected chi connectivity index (χ4v) is 3.19. The van der Waals surface area contributed by atoms with Crippen LogP contribution in [0.15, 0.2) is 23.0 Å². The van der Waals surface area contributed by atoms with Crippen LogP contribution in [0.1, 0.15) is 36.0 Å². The highest BCUT2D eigenvalue weighted by atomic mass is 35.5. The molecule has 0 spiro atoms. The molecule has 0 bridgehead atoms. The van der Waals surface area contributed by atoms with Crippen LogP contribution in [0.2, 0.25) is 5.02 Å². The van der Waals surface area contributed by atoms with E-state index in [-0.39, 0.29) is 6.54 Å². The van der Waals surface area contributed by atoms with Gasteiger partial charge >= 0.3 is 18.0 Å². The molecule has 0 saturated carbocycles. The number of benzene rings is 1. The largest absolute Gasteiger partial charge is 0.507 e. The number of aromatic nitrogens is 3. The zero-order valence-electron chi connectivity index (χ0n) is 13.2. The summed E-state index contributed by atoms with van der Waals surface area (Å²) in [6.45, 7) is -0.101. The molecule has 0 fully saturated rings. The predicted octanol–water partition coefficient (Wildman–Crippen LogP) is 3.29. The van der Waals surface area contributed by atoms with Gasteiger partial charge < -0.3 is 9.84 Å². The molecule has 1 aromatic heterocycles. The molecule has 1 N–H and O–H groups in total. The third-order valence-electron chi connectivity index (χ3n) is 3.99. The van der Waals surface area contributed by atoms with Gasteiger partial charge in [0.1, 0.15) is 5.82 Å². The van der Waals surface area contributed by atoms with Crippen LogP contribution in [-0.2, 0) is 23.9 Å². The second kappa shape index (κ2) is 6.67. The first-order valence-corrected chi connectivity index (χ1v) is 7.98. The first-order chi connectivity index (χ1) is 12.2. The van der Waals surface area contributed by atoms with Crippen molar-refractivity contribution in [1.82, 2.24) is 14.3 Å². The molecule has 1 aromatic carbocycles. The van der Waals surface area contributed by atoms with Crippen molar-refractivity contribution in [2.24, 2.45) is 0 Å². The number of hydrogen-bond acceptors (Lipinski definition) is 4. The van der Waals surface area contributed by atoms with Gasteiger partial charge in [0.2, 0.25) is 0 Å². The van der Waals surface area contributed by atoms with Crippen molar-refractivity contribution in [2.45, 2.75) is 38.2 Å². The van der Waals surface area contributed by atoms with Crippen LogP contribution in [0.25, 0.3) is 0 Å². The van der Waals surface area contributed by atoms with E-state index in [0.717, 1.165) is 21.4 Å². The summed E-state index contributed by atoms with van der Waals surface area (Å²) in [5.74, 6) is 0.366. The lowest BCUT2D eigenvalue weighted by atomic mass is 10.1. The van der Waals surface area contributed by atoms with Crippen molar-refractivity contribution in [3.8, 4) is 0 Å². The number of carbonyl (C=O) groups is 1. The van der Waals surface area contributed by atoms with Crippen molar-refractivity contribution < 1.29 is 27.8 Å². The van der Waals surface area contributed by atoms with Crippen molar-refractivity contribution in [2.75, 3.05) is 0 Å². The molecule has 0 amide bonds. The van der Waals surface area contributed by atoms with E-state index >= 15 is 0 Å². The highest BCUT2D eigenvalue weighted by Crippen LogP contribution is 2.35. The Kier molecular flexibility index (Phi) is 4.70. The number of aryl methyl sites for hydroxylation is 1. The van der Waals surface area contributed by atoms with Gasteiger partial charge in [-0.2, -0.15) is 18.3 Å². The molecular weight excluding hydrogens is 379 g/mol. The van der Waals surface area contributed by atoms with Crippen LogP contribution in [-0.4, -0.2) is 25.6 Å². The second-order valence-electron chi connectivity index (χ2n) is 5.77. The summed E-state index contributed by atoms with van der Waals surface area (Å²) < 4.78 is 45.2. The Labute approximate surface area is 149 Å². The third-order valence-corrected chi connectivity index (χ3v) is 4.30. The molecule has 7 nitrogen and oxygen atoms in total. The average Bonchev–Trinajstić information content (AvgIpc) is 2.83. The third kappa shape index (κ3) is 3.55. The number of alkyl halides is 3. The number of ether oxygens (including phenoxy) is 1. The zero-order chi connectivity index (χ0) is 19.1. The van der Waals surface area contributed by atoms with E-state index in [1.54, 1.807) is 0 Å². The zero-order valence-corrected chi connectivity index (χ0v) is 13.9. The number of hydrogen-bond donors (Lipinski definition) is 1. The monoisotopic (exact) mass is 391 g/mol. The Morgan fingerprint density at radius 1 is 1.42 bits per heavy atom. The van der Waals surface area contributed by atoms with E-state index in [1.165, 1.54) is 6.07 Å². The van der Waals surface area contributed by atoms with Crippen molar-refractivity contribution in [3.63, 3.8) is 0 Å². The SMILES string of the molecule is O=C(O)O[C@H]1CCCc2nn(Cc3ccc(C(F)(F)F)c(Cl)c3)c(=O)n21. The maximum absolute atomic E-state index is 12.8. The molecule has 140 valence electrons. The van der Waals surface area contributed by atoms with Crippen LogP contribution in [0.5, 0.6) is 0 Å². The van der Waals surface area contributed by atoms with E-state index in [9.17, 15) is 22.8 Å². The number of carboxylic acid groups (broad SMARTS) is 1. The Balaban J connectivity index is 1.90. The topological polar surface area (TPSA) is 86.3 Å².